The van der Waals surface area contributed by atoms with Crippen LogP contribution in [0.5, 0.6) is 0 Å². The highest BCUT2D eigenvalue weighted by Crippen LogP contribution is 2.13. The Bertz CT molecular complexity index is 511. The first-order chi connectivity index (χ1) is 8.15. The molecule has 2 rings (SSSR count). The summed E-state index contributed by atoms with van der Waals surface area (Å²) in [7, 11) is 0. The molecule has 0 atom stereocenters. The molecule has 0 aliphatic heterocycles. The summed E-state index contributed by atoms with van der Waals surface area (Å²) >= 11 is 5.69. The van der Waals surface area contributed by atoms with E-state index in [1.807, 2.05) is 12.1 Å². The molecule has 0 spiro atoms. The molecule has 0 unspecified atom stereocenters. The van der Waals surface area contributed by atoms with Crippen LogP contribution in [0, 0.1) is 12.7 Å². The lowest BCUT2D eigenvalue weighted by atomic mass is 10.1. The van der Waals surface area contributed by atoms with Crippen molar-refractivity contribution in [3.8, 4) is 0 Å². The molecule has 0 aliphatic carbocycles. The molecule has 0 saturated carbocycles. The Balaban J connectivity index is 2.02. The van der Waals surface area contributed by atoms with E-state index in [2.05, 4.69) is 10.3 Å². The average molecular weight is 251 g/mol. The number of nitrogens with one attached hydrogen (secondary N) is 1. The monoisotopic (exact) mass is 250 g/mol. The molecule has 4 heteroatoms. The van der Waals surface area contributed by atoms with Crippen molar-refractivity contribution in [3.05, 3.63) is 58.6 Å². The highest BCUT2D eigenvalue weighted by molar-refractivity contribution is 6.29. The van der Waals surface area contributed by atoms with Gasteiger partial charge in [-0.2, -0.15) is 0 Å². The maximum absolute atomic E-state index is 13.1. The summed E-state index contributed by atoms with van der Waals surface area (Å²) in [6.07, 6.45) is 1.67. The fraction of sp³-hybridized carbons (Fsp3) is 0.154. The fourth-order valence-electron chi connectivity index (χ4n) is 1.50. The van der Waals surface area contributed by atoms with Gasteiger partial charge in [-0.25, -0.2) is 9.37 Å². The maximum Gasteiger partial charge on any atom is 0.129 e. The first-order valence-corrected chi connectivity index (χ1v) is 5.63. The Kier molecular flexibility index (Phi) is 3.59. The van der Waals surface area contributed by atoms with E-state index < -0.39 is 0 Å². The molecular formula is C13H12ClFN2. The molecule has 1 N–H and O–H groups in total. The van der Waals surface area contributed by atoms with Crippen LogP contribution in [0.15, 0.2) is 36.5 Å². The molecule has 1 heterocycles. The zero-order valence-corrected chi connectivity index (χ0v) is 10.1. The van der Waals surface area contributed by atoms with Gasteiger partial charge in [0.05, 0.1) is 11.9 Å². The van der Waals surface area contributed by atoms with E-state index in [0.717, 1.165) is 11.3 Å². The number of aryl methyl sites for hydroxylation is 1. The van der Waals surface area contributed by atoms with E-state index in [1.54, 1.807) is 25.3 Å². The van der Waals surface area contributed by atoms with E-state index in [9.17, 15) is 4.39 Å². The zero-order chi connectivity index (χ0) is 12.3. The second kappa shape index (κ2) is 5.15. The van der Waals surface area contributed by atoms with Crippen LogP contribution in [0.1, 0.15) is 11.1 Å². The molecule has 0 amide bonds. The molecule has 2 nitrogen and oxygen atoms in total. The number of nitrogens with zero attached hydrogens (tertiary/aromatic N) is 1. The van der Waals surface area contributed by atoms with Crippen LogP contribution in [0.25, 0.3) is 0 Å². The SMILES string of the molecule is Cc1cc(CNc2ccc(Cl)nc2)ccc1F. The number of pyridine rings is 1. The number of rotatable bonds is 3. The lowest BCUT2D eigenvalue weighted by Gasteiger charge is -2.07. The van der Waals surface area contributed by atoms with Gasteiger partial charge in [-0.3, -0.25) is 0 Å². The van der Waals surface area contributed by atoms with Crippen LogP contribution in [0.3, 0.4) is 0 Å². The van der Waals surface area contributed by atoms with E-state index in [0.29, 0.717) is 17.3 Å². The lowest BCUT2D eigenvalue weighted by Crippen LogP contribution is -2.00. The third kappa shape index (κ3) is 3.17. The van der Waals surface area contributed by atoms with Gasteiger partial charge >= 0.3 is 0 Å². The lowest BCUT2D eigenvalue weighted by molar-refractivity contribution is 0.617. The molecule has 1 aromatic carbocycles. The van der Waals surface area contributed by atoms with Crippen LogP contribution in [0.4, 0.5) is 10.1 Å². The largest absolute Gasteiger partial charge is 0.380 e. The van der Waals surface area contributed by atoms with E-state index >= 15 is 0 Å². The van der Waals surface area contributed by atoms with Gasteiger partial charge in [0.15, 0.2) is 0 Å². The molecule has 17 heavy (non-hydrogen) atoms. The van der Waals surface area contributed by atoms with Gasteiger partial charge in [-0.15, -0.1) is 0 Å². The summed E-state index contributed by atoms with van der Waals surface area (Å²) in [6.45, 7) is 2.38. The third-order valence-corrected chi connectivity index (χ3v) is 2.67. The maximum atomic E-state index is 13.1. The van der Waals surface area contributed by atoms with Crippen LogP contribution < -0.4 is 5.32 Å². The number of hydrogen-bond donors (Lipinski definition) is 1. The average Bonchev–Trinajstić information content (AvgIpc) is 2.33. The molecule has 2 aromatic rings. The first-order valence-electron chi connectivity index (χ1n) is 5.25. The van der Waals surface area contributed by atoms with Crippen molar-refractivity contribution in [2.45, 2.75) is 13.5 Å². The van der Waals surface area contributed by atoms with Gasteiger partial charge in [-0.1, -0.05) is 23.7 Å². The minimum atomic E-state index is -0.179. The van der Waals surface area contributed by atoms with Crippen LogP contribution in [0.2, 0.25) is 5.15 Å². The van der Waals surface area contributed by atoms with Crippen molar-refractivity contribution in [2.75, 3.05) is 5.32 Å². The second-order valence-electron chi connectivity index (χ2n) is 3.81. The summed E-state index contributed by atoms with van der Waals surface area (Å²) in [5, 5.41) is 3.66. The quantitative estimate of drug-likeness (QED) is 0.839. The predicted octanol–water partition coefficient (Wildman–Crippen LogP) is 3.79. The number of benzene rings is 1. The van der Waals surface area contributed by atoms with Gasteiger partial charge in [-0.05, 0) is 36.2 Å². The van der Waals surface area contributed by atoms with Crippen molar-refractivity contribution in [1.82, 2.24) is 4.98 Å². The van der Waals surface area contributed by atoms with Gasteiger partial charge in [0, 0.05) is 6.54 Å². The fourth-order valence-corrected chi connectivity index (χ4v) is 1.61. The first kappa shape index (κ1) is 11.9. The van der Waals surface area contributed by atoms with Crippen molar-refractivity contribution in [1.29, 1.82) is 0 Å². The third-order valence-electron chi connectivity index (χ3n) is 2.45. The molecule has 88 valence electrons. The summed E-state index contributed by atoms with van der Waals surface area (Å²) in [6, 6.07) is 8.64. The zero-order valence-electron chi connectivity index (χ0n) is 9.37. The molecule has 0 radical (unpaired) electrons. The summed E-state index contributed by atoms with van der Waals surface area (Å²) in [5.41, 5.74) is 2.56. The summed E-state index contributed by atoms with van der Waals surface area (Å²) in [5.74, 6) is -0.179. The number of hydrogen-bond acceptors (Lipinski definition) is 2. The van der Waals surface area contributed by atoms with Crippen LogP contribution >= 0.6 is 11.6 Å². The molecule has 0 aliphatic rings. The van der Waals surface area contributed by atoms with Gasteiger partial charge in [0.1, 0.15) is 11.0 Å². The van der Waals surface area contributed by atoms with Crippen LogP contribution in [-0.2, 0) is 6.54 Å². The van der Waals surface area contributed by atoms with Crippen molar-refractivity contribution >= 4 is 17.3 Å². The number of halogens is 2. The Hall–Kier alpha value is -1.61. The molecule has 0 fully saturated rings. The predicted molar refractivity (Wildman–Crippen MR) is 67.7 cm³/mol. The van der Waals surface area contributed by atoms with Gasteiger partial charge in [0.25, 0.3) is 0 Å². The second-order valence-corrected chi connectivity index (χ2v) is 4.19. The highest BCUT2D eigenvalue weighted by Gasteiger charge is 1.99. The van der Waals surface area contributed by atoms with E-state index in [-0.39, 0.29) is 5.82 Å². The molecular weight excluding hydrogens is 239 g/mol. The number of aromatic nitrogens is 1. The van der Waals surface area contributed by atoms with Gasteiger partial charge < -0.3 is 5.32 Å². The Labute approximate surface area is 104 Å². The number of anilines is 1. The standard InChI is InChI=1S/C13H12ClFN2/c1-9-6-10(2-4-12(9)15)7-16-11-3-5-13(14)17-8-11/h2-6,8,16H,7H2,1H3. The van der Waals surface area contributed by atoms with Crippen molar-refractivity contribution < 1.29 is 4.39 Å². The minimum absolute atomic E-state index is 0.179. The molecule has 0 bridgehead atoms. The molecule has 0 saturated heterocycles. The Morgan fingerprint density at radius 3 is 2.76 bits per heavy atom. The van der Waals surface area contributed by atoms with Crippen LogP contribution in [-0.4, -0.2) is 4.98 Å². The smallest absolute Gasteiger partial charge is 0.129 e. The van der Waals surface area contributed by atoms with Crippen molar-refractivity contribution in [2.24, 2.45) is 0 Å². The Morgan fingerprint density at radius 1 is 1.29 bits per heavy atom. The van der Waals surface area contributed by atoms with Gasteiger partial charge in [0.2, 0.25) is 0 Å². The summed E-state index contributed by atoms with van der Waals surface area (Å²) in [4.78, 5) is 3.97. The topological polar surface area (TPSA) is 24.9 Å². The Morgan fingerprint density at radius 2 is 2.12 bits per heavy atom. The molecule has 1 aromatic heterocycles. The highest BCUT2D eigenvalue weighted by atomic mass is 35.5. The summed E-state index contributed by atoms with van der Waals surface area (Å²) < 4.78 is 13.1. The van der Waals surface area contributed by atoms with Crippen molar-refractivity contribution in [3.63, 3.8) is 0 Å². The minimum Gasteiger partial charge on any atom is -0.380 e. The normalized spacial score (nSPS) is 10.3. The van der Waals surface area contributed by atoms with E-state index in [1.165, 1.54) is 6.07 Å². The van der Waals surface area contributed by atoms with E-state index in [4.69, 9.17) is 11.6 Å².